The highest BCUT2D eigenvalue weighted by Crippen LogP contribution is 2.35. The number of allylic oxidation sites excluding steroid dienone is 2. The van der Waals surface area contributed by atoms with Crippen molar-refractivity contribution in [3.63, 3.8) is 0 Å². The predicted molar refractivity (Wildman–Crippen MR) is 76.5 cm³/mol. The van der Waals surface area contributed by atoms with Crippen LogP contribution in [0.5, 0.6) is 0 Å². The molecule has 1 saturated carbocycles. The van der Waals surface area contributed by atoms with E-state index < -0.39 is 11.2 Å². The quantitative estimate of drug-likeness (QED) is 0.485. The van der Waals surface area contributed by atoms with Gasteiger partial charge in [0.1, 0.15) is 22.8 Å². The van der Waals surface area contributed by atoms with Gasteiger partial charge in [-0.2, -0.15) is 0 Å². The Morgan fingerprint density at radius 2 is 1.86 bits per heavy atom. The maximum atomic E-state index is 12.8. The van der Waals surface area contributed by atoms with Gasteiger partial charge < -0.3 is 0 Å². The zero-order valence-corrected chi connectivity index (χ0v) is 11.9. The lowest BCUT2D eigenvalue weighted by Crippen LogP contribution is -2.38. The largest absolute Gasteiger partial charge is 0.299 e. The summed E-state index contributed by atoms with van der Waals surface area (Å²) in [6, 6.07) is 5.16. The lowest BCUT2D eigenvalue weighted by Gasteiger charge is -2.30. The second-order valence-corrected chi connectivity index (χ2v) is 5.36. The standard InChI is InChI=1S/C17H17FO3/c1-12(19)17(10-3-2-4-16(17)21)11-9-15(20)13-5-7-14(18)8-6-13/h5-9,11H,2-4,10H2,1H3/b11-9-/t17-/m0/s1. The molecule has 0 aromatic heterocycles. The van der Waals surface area contributed by atoms with Gasteiger partial charge in [-0.1, -0.05) is 12.5 Å². The Kier molecular flexibility index (Phi) is 4.46. The molecule has 0 unspecified atom stereocenters. The molecule has 2 rings (SSSR count). The average Bonchev–Trinajstić information content (AvgIpc) is 2.47. The van der Waals surface area contributed by atoms with Gasteiger partial charge in [0.15, 0.2) is 5.78 Å². The molecule has 0 heterocycles. The summed E-state index contributed by atoms with van der Waals surface area (Å²) in [6.07, 6.45) is 5.09. The summed E-state index contributed by atoms with van der Waals surface area (Å²) < 4.78 is 12.8. The topological polar surface area (TPSA) is 51.2 Å². The van der Waals surface area contributed by atoms with Crippen molar-refractivity contribution in [3.8, 4) is 0 Å². The number of carbonyl (C=O) groups is 3. The van der Waals surface area contributed by atoms with Crippen molar-refractivity contribution in [2.24, 2.45) is 5.41 Å². The molecule has 0 saturated heterocycles. The van der Waals surface area contributed by atoms with Crippen LogP contribution in [0.25, 0.3) is 0 Å². The molecule has 0 spiro atoms. The Hall–Kier alpha value is -2.10. The molecule has 1 aliphatic carbocycles. The molecular weight excluding hydrogens is 271 g/mol. The highest BCUT2D eigenvalue weighted by molar-refractivity contribution is 6.11. The monoisotopic (exact) mass is 288 g/mol. The summed E-state index contributed by atoms with van der Waals surface area (Å²) in [6.45, 7) is 1.38. The summed E-state index contributed by atoms with van der Waals surface area (Å²) in [5, 5.41) is 0. The Labute approximate surface area is 122 Å². The number of Topliss-reactive ketones (excluding diaryl/α,β-unsaturated/α-hetero) is 2. The van der Waals surface area contributed by atoms with Crippen LogP contribution >= 0.6 is 0 Å². The van der Waals surface area contributed by atoms with Crippen molar-refractivity contribution in [1.29, 1.82) is 0 Å². The van der Waals surface area contributed by atoms with Gasteiger partial charge in [0.2, 0.25) is 0 Å². The molecule has 0 amide bonds. The van der Waals surface area contributed by atoms with Gasteiger partial charge >= 0.3 is 0 Å². The lowest BCUT2D eigenvalue weighted by molar-refractivity contribution is -0.138. The number of carbonyl (C=O) groups excluding carboxylic acids is 3. The van der Waals surface area contributed by atoms with E-state index in [0.717, 1.165) is 12.8 Å². The smallest absolute Gasteiger partial charge is 0.185 e. The number of rotatable bonds is 4. The molecule has 1 atom stereocenters. The SMILES string of the molecule is CC(=O)[C@@]1(/C=C\C(=O)c2ccc(F)cc2)CCCCC1=O. The number of hydrogen-bond acceptors (Lipinski definition) is 3. The van der Waals surface area contributed by atoms with E-state index in [1.807, 2.05) is 0 Å². The minimum atomic E-state index is -1.16. The third-order valence-corrected chi connectivity index (χ3v) is 4.00. The minimum absolute atomic E-state index is 0.121. The fourth-order valence-corrected chi connectivity index (χ4v) is 2.65. The molecule has 21 heavy (non-hydrogen) atoms. The molecule has 1 fully saturated rings. The van der Waals surface area contributed by atoms with E-state index in [2.05, 4.69) is 0 Å². The van der Waals surface area contributed by atoms with Crippen LogP contribution in [0.2, 0.25) is 0 Å². The van der Waals surface area contributed by atoms with Gasteiger partial charge in [-0.05, 0) is 50.1 Å². The Bertz CT molecular complexity index is 601. The van der Waals surface area contributed by atoms with Crippen molar-refractivity contribution >= 4 is 17.3 Å². The summed E-state index contributed by atoms with van der Waals surface area (Å²) >= 11 is 0. The van der Waals surface area contributed by atoms with Crippen LogP contribution in [-0.4, -0.2) is 17.3 Å². The van der Waals surface area contributed by atoms with Crippen LogP contribution in [0.1, 0.15) is 43.0 Å². The summed E-state index contributed by atoms with van der Waals surface area (Å²) in [5.41, 5.74) is -0.830. The second-order valence-electron chi connectivity index (χ2n) is 5.36. The molecule has 0 N–H and O–H groups in total. The summed E-state index contributed by atoms with van der Waals surface area (Å²) in [4.78, 5) is 36.0. The lowest BCUT2D eigenvalue weighted by atomic mass is 9.70. The predicted octanol–water partition coefficient (Wildman–Crippen LogP) is 3.28. The van der Waals surface area contributed by atoms with Crippen LogP contribution in [0.3, 0.4) is 0 Å². The number of hydrogen-bond donors (Lipinski definition) is 0. The van der Waals surface area contributed by atoms with Gasteiger partial charge in [-0.15, -0.1) is 0 Å². The Balaban J connectivity index is 2.24. The molecule has 0 bridgehead atoms. The van der Waals surface area contributed by atoms with E-state index in [1.165, 1.54) is 43.3 Å². The van der Waals surface area contributed by atoms with E-state index in [4.69, 9.17) is 0 Å². The van der Waals surface area contributed by atoms with Crippen molar-refractivity contribution < 1.29 is 18.8 Å². The van der Waals surface area contributed by atoms with Crippen LogP contribution in [0.15, 0.2) is 36.4 Å². The van der Waals surface area contributed by atoms with Gasteiger partial charge in [-0.3, -0.25) is 14.4 Å². The van der Waals surface area contributed by atoms with E-state index in [1.54, 1.807) is 0 Å². The highest BCUT2D eigenvalue weighted by Gasteiger charge is 2.41. The van der Waals surface area contributed by atoms with E-state index >= 15 is 0 Å². The van der Waals surface area contributed by atoms with E-state index in [0.29, 0.717) is 18.4 Å². The van der Waals surface area contributed by atoms with Crippen molar-refractivity contribution in [1.82, 2.24) is 0 Å². The molecule has 0 aliphatic heterocycles. The third kappa shape index (κ3) is 3.15. The average molecular weight is 288 g/mol. The molecule has 1 aromatic carbocycles. The van der Waals surface area contributed by atoms with Gasteiger partial charge in [0.05, 0.1) is 0 Å². The molecule has 3 nitrogen and oxygen atoms in total. The molecular formula is C17H17FO3. The van der Waals surface area contributed by atoms with Gasteiger partial charge in [0, 0.05) is 12.0 Å². The van der Waals surface area contributed by atoms with Crippen molar-refractivity contribution in [3.05, 3.63) is 47.8 Å². The first-order valence-corrected chi connectivity index (χ1v) is 6.99. The third-order valence-electron chi connectivity index (χ3n) is 4.00. The van der Waals surface area contributed by atoms with E-state index in [9.17, 15) is 18.8 Å². The normalized spacial score (nSPS) is 22.5. The van der Waals surface area contributed by atoms with Crippen LogP contribution < -0.4 is 0 Å². The highest BCUT2D eigenvalue weighted by atomic mass is 19.1. The van der Waals surface area contributed by atoms with Crippen LogP contribution in [0, 0.1) is 11.2 Å². The zero-order valence-electron chi connectivity index (χ0n) is 11.9. The Morgan fingerprint density at radius 1 is 1.19 bits per heavy atom. The fourth-order valence-electron chi connectivity index (χ4n) is 2.65. The second kappa shape index (κ2) is 6.12. The number of benzene rings is 1. The summed E-state index contributed by atoms with van der Waals surface area (Å²) in [5.74, 6) is -1.10. The first kappa shape index (κ1) is 15.3. The number of halogens is 1. The molecule has 0 radical (unpaired) electrons. The molecule has 1 aromatic rings. The fraction of sp³-hybridized carbons (Fsp3) is 0.353. The first-order valence-electron chi connectivity index (χ1n) is 6.99. The van der Waals surface area contributed by atoms with E-state index in [-0.39, 0.29) is 17.3 Å². The first-order chi connectivity index (χ1) is 9.95. The molecule has 4 heteroatoms. The van der Waals surface area contributed by atoms with Crippen molar-refractivity contribution in [2.45, 2.75) is 32.6 Å². The summed E-state index contributed by atoms with van der Waals surface area (Å²) in [7, 11) is 0. The minimum Gasteiger partial charge on any atom is -0.299 e. The molecule has 1 aliphatic rings. The van der Waals surface area contributed by atoms with Gasteiger partial charge in [-0.25, -0.2) is 4.39 Å². The van der Waals surface area contributed by atoms with Crippen LogP contribution in [0.4, 0.5) is 4.39 Å². The Morgan fingerprint density at radius 3 is 2.43 bits per heavy atom. The van der Waals surface area contributed by atoms with Crippen molar-refractivity contribution in [2.75, 3.05) is 0 Å². The maximum absolute atomic E-state index is 12.8. The maximum Gasteiger partial charge on any atom is 0.185 e. The molecule has 110 valence electrons. The zero-order chi connectivity index (χ0) is 15.5. The number of ketones is 3. The van der Waals surface area contributed by atoms with Crippen LogP contribution in [-0.2, 0) is 9.59 Å². The van der Waals surface area contributed by atoms with Gasteiger partial charge in [0.25, 0.3) is 0 Å².